The van der Waals surface area contributed by atoms with Crippen LogP contribution < -0.4 is 10.6 Å². The third-order valence-electron chi connectivity index (χ3n) is 5.35. The Morgan fingerprint density at radius 1 is 0.909 bits per heavy atom. The van der Waals surface area contributed by atoms with Crippen molar-refractivity contribution in [3.8, 4) is 0 Å². The number of carbonyl (C=O) groups excluding carboxylic acids is 3. The smallest absolute Gasteiger partial charge is 0.291 e. The van der Waals surface area contributed by atoms with Crippen molar-refractivity contribution in [1.29, 1.82) is 0 Å². The summed E-state index contributed by atoms with van der Waals surface area (Å²) in [7, 11) is 0. The molecule has 8 heteroatoms. The van der Waals surface area contributed by atoms with Crippen LogP contribution in [-0.2, 0) is 11.3 Å². The number of nitrogens with zero attached hydrogens (tertiary/aromatic N) is 1. The van der Waals surface area contributed by atoms with Gasteiger partial charge in [-0.3, -0.25) is 14.4 Å². The first kappa shape index (κ1) is 22.7. The Morgan fingerprint density at radius 3 is 2.39 bits per heavy atom. The van der Waals surface area contributed by atoms with Gasteiger partial charge in [-0.15, -0.1) is 11.8 Å². The lowest BCUT2D eigenvalue weighted by Crippen LogP contribution is -2.29. The lowest BCUT2D eigenvalue weighted by atomic mass is 10.1. The molecule has 4 rings (SSSR count). The second-order valence-electron chi connectivity index (χ2n) is 7.68. The molecule has 0 radical (unpaired) electrons. The van der Waals surface area contributed by atoms with Crippen LogP contribution in [0.15, 0.2) is 76.2 Å². The number of rotatable bonds is 8. The summed E-state index contributed by atoms with van der Waals surface area (Å²) >= 11 is 1.40. The molecule has 2 N–H and O–H groups in total. The molecular weight excluding hydrogens is 438 g/mol. The number of hydrogen-bond donors (Lipinski definition) is 2. The van der Waals surface area contributed by atoms with Crippen molar-refractivity contribution < 1.29 is 18.8 Å². The Labute approximate surface area is 196 Å². The summed E-state index contributed by atoms with van der Waals surface area (Å²) in [4.78, 5) is 39.9. The molecule has 0 unspecified atom stereocenters. The zero-order chi connectivity index (χ0) is 23.0. The van der Waals surface area contributed by atoms with E-state index in [0.717, 1.165) is 36.4 Å². The first-order valence-corrected chi connectivity index (χ1v) is 11.8. The van der Waals surface area contributed by atoms with Crippen LogP contribution in [0.4, 0.5) is 5.69 Å². The molecule has 33 heavy (non-hydrogen) atoms. The number of thioether (sulfide) groups is 1. The van der Waals surface area contributed by atoms with Gasteiger partial charge in [-0.1, -0.05) is 24.3 Å². The van der Waals surface area contributed by atoms with Crippen molar-refractivity contribution in [3.05, 3.63) is 83.8 Å². The third-order valence-corrected chi connectivity index (χ3v) is 6.41. The molecule has 3 amide bonds. The Morgan fingerprint density at radius 2 is 1.67 bits per heavy atom. The lowest BCUT2D eigenvalue weighted by molar-refractivity contribution is -0.127. The predicted molar refractivity (Wildman–Crippen MR) is 127 cm³/mol. The molecule has 7 nitrogen and oxygen atoms in total. The quantitative estimate of drug-likeness (QED) is 0.489. The van der Waals surface area contributed by atoms with E-state index in [-0.39, 0.29) is 23.5 Å². The van der Waals surface area contributed by atoms with Crippen LogP contribution in [0.25, 0.3) is 0 Å². The largest absolute Gasteiger partial charge is 0.459 e. The minimum atomic E-state index is -0.321. The molecule has 1 aliphatic rings. The van der Waals surface area contributed by atoms with Crippen molar-refractivity contribution in [2.75, 3.05) is 24.2 Å². The van der Waals surface area contributed by atoms with Crippen molar-refractivity contribution in [2.45, 2.75) is 24.3 Å². The predicted octanol–water partition coefficient (Wildman–Crippen LogP) is 4.18. The van der Waals surface area contributed by atoms with E-state index < -0.39 is 0 Å². The van der Waals surface area contributed by atoms with Crippen LogP contribution in [0.1, 0.15) is 39.3 Å². The average molecular weight is 464 g/mol. The van der Waals surface area contributed by atoms with Crippen molar-refractivity contribution in [3.63, 3.8) is 0 Å². The molecule has 1 saturated heterocycles. The highest BCUT2D eigenvalue weighted by Crippen LogP contribution is 2.24. The lowest BCUT2D eigenvalue weighted by Gasteiger charge is -2.15. The number of likely N-dealkylation sites (tertiary alicyclic amines) is 1. The van der Waals surface area contributed by atoms with E-state index in [1.165, 1.54) is 18.0 Å². The number of carbonyl (C=O) groups is 3. The fourth-order valence-corrected chi connectivity index (χ4v) is 4.51. The van der Waals surface area contributed by atoms with Gasteiger partial charge in [0.1, 0.15) is 0 Å². The second-order valence-corrected chi connectivity index (χ2v) is 8.70. The third kappa shape index (κ3) is 6.04. The molecule has 170 valence electrons. The van der Waals surface area contributed by atoms with Crippen LogP contribution >= 0.6 is 11.8 Å². The van der Waals surface area contributed by atoms with Crippen LogP contribution in [0.3, 0.4) is 0 Å². The molecule has 1 fully saturated rings. The monoisotopic (exact) mass is 463 g/mol. The second kappa shape index (κ2) is 10.9. The molecule has 0 bridgehead atoms. The molecular formula is C25H25N3O4S. The topological polar surface area (TPSA) is 91.7 Å². The minimum absolute atomic E-state index is 0.118. The van der Waals surface area contributed by atoms with Gasteiger partial charge in [0.2, 0.25) is 5.91 Å². The van der Waals surface area contributed by atoms with Gasteiger partial charge in [-0.2, -0.15) is 0 Å². The van der Waals surface area contributed by atoms with Crippen LogP contribution in [-0.4, -0.2) is 41.5 Å². The zero-order valence-corrected chi connectivity index (χ0v) is 18.9. The summed E-state index contributed by atoms with van der Waals surface area (Å²) in [6, 6.07) is 17.8. The normalized spacial score (nSPS) is 13.0. The molecule has 2 heterocycles. The maximum absolute atomic E-state index is 12.8. The van der Waals surface area contributed by atoms with Gasteiger partial charge < -0.3 is 20.0 Å². The number of hydrogen-bond acceptors (Lipinski definition) is 5. The van der Waals surface area contributed by atoms with Gasteiger partial charge in [-0.05, 0) is 54.8 Å². The standard InChI is InChI=1S/C25H25N3O4S/c29-23(28-13-3-4-14-28)17-33-22-8-2-1-6-20(22)24(30)26-16-18-9-11-19(12-10-18)27-25(31)21-7-5-15-32-21/h1-2,5-12,15H,3-4,13-14,16-17H2,(H,26,30)(H,27,31). The van der Waals surface area contributed by atoms with Gasteiger partial charge in [0, 0.05) is 30.2 Å². The molecule has 3 aromatic rings. The maximum atomic E-state index is 12.8. The van der Waals surface area contributed by atoms with Gasteiger partial charge in [0.15, 0.2) is 5.76 Å². The SMILES string of the molecule is O=C(Nc1ccc(CNC(=O)c2ccccc2SCC(=O)N2CCCC2)cc1)c1ccco1. The highest BCUT2D eigenvalue weighted by atomic mass is 32.2. The summed E-state index contributed by atoms with van der Waals surface area (Å²) in [6.07, 6.45) is 3.57. The molecule has 0 atom stereocenters. The van der Waals surface area contributed by atoms with Crippen molar-refractivity contribution >= 4 is 35.2 Å². The van der Waals surface area contributed by atoms with E-state index in [1.807, 2.05) is 35.2 Å². The van der Waals surface area contributed by atoms with E-state index in [4.69, 9.17) is 4.42 Å². The highest BCUT2D eigenvalue weighted by Gasteiger charge is 2.19. The number of nitrogens with one attached hydrogen (secondary N) is 2. The summed E-state index contributed by atoms with van der Waals surface area (Å²) < 4.78 is 5.08. The van der Waals surface area contributed by atoms with Crippen LogP contribution in [0.2, 0.25) is 0 Å². The maximum Gasteiger partial charge on any atom is 0.291 e. The van der Waals surface area contributed by atoms with Crippen LogP contribution in [0, 0.1) is 0 Å². The Balaban J connectivity index is 1.30. The first-order valence-electron chi connectivity index (χ1n) is 10.8. The minimum Gasteiger partial charge on any atom is -0.459 e. The number of amides is 3. The summed E-state index contributed by atoms with van der Waals surface area (Å²) in [5.41, 5.74) is 2.09. The zero-order valence-electron chi connectivity index (χ0n) is 18.1. The van der Waals surface area contributed by atoms with Gasteiger partial charge in [0.05, 0.1) is 17.6 Å². The van der Waals surface area contributed by atoms with E-state index in [9.17, 15) is 14.4 Å². The van der Waals surface area contributed by atoms with Gasteiger partial charge in [-0.25, -0.2) is 0 Å². The van der Waals surface area contributed by atoms with E-state index in [2.05, 4.69) is 10.6 Å². The van der Waals surface area contributed by atoms with Crippen LogP contribution in [0.5, 0.6) is 0 Å². The molecule has 0 aliphatic carbocycles. The van der Waals surface area contributed by atoms with Gasteiger partial charge in [0.25, 0.3) is 11.8 Å². The fourth-order valence-electron chi connectivity index (χ4n) is 3.56. The van der Waals surface area contributed by atoms with Crippen molar-refractivity contribution in [1.82, 2.24) is 10.2 Å². The Kier molecular flexibility index (Phi) is 7.47. The van der Waals surface area contributed by atoms with E-state index in [0.29, 0.717) is 23.5 Å². The molecule has 1 aliphatic heterocycles. The molecule has 2 aromatic carbocycles. The summed E-state index contributed by atoms with van der Waals surface area (Å²) in [6.45, 7) is 2.00. The van der Waals surface area contributed by atoms with Gasteiger partial charge >= 0.3 is 0 Å². The molecule has 1 aromatic heterocycles. The molecule has 0 saturated carbocycles. The average Bonchev–Trinajstić information content (AvgIpc) is 3.57. The number of anilines is 1. The number of benzene rings is 2. The Hall–Kier alpha value is -3.52. The highest BCUT2D eigenvalue weighted by molar-refractivity contribution is 8.00. The summed E-state index contributed by atoms with van der Waals surface area (Å²) in [5.74, 6) is 0.174. The summed E-state index contributed by atoms with van der Waals surface area (Å²) in [5, 5.41) is 5.69. The van der Waals surface area contributed by atoms with Crippen molar-refractivity contribution in [2.24, 2.45) is 0 Å². The fraction of sp³-hybridized carbons (Fsp3) is 0.240. The van der Waals surface area contributed by atoms with E-state index >= 15 is 0 Å². The first-order chi connectivity index (χ1) is 16.1. The number of furan rings is 1. The molecule has 0 spiro atoms. The van der Waals surface area contributed by atoms with E-state index in [1.54, 1.807) is 30.3 Å². The Bertz CT molecular complexity index is 1110.